The zero-order valence-electron chi connectivity index (χ0n) is 14.9. The Hall–Kier alpha value is -1.92. The Morgan fingerprint density at radius 3 is 2.76 bits per heavy atom. The van der Waals surface area contributed by atoms with Gasteiger partial charge in [0.25, 0.3) is 5.91 Å². The van der Waals surface area contributed by atoms with Crippen molar-refractivity contribution in [2.24, 2.45) is 0 Å². The minimum Gasteiger partial charge on any atom is -0.375 e. The molecule has 2 aliphatic rings. The average molecular weight is 345 g/mol. The molecule has 0 bridgehead atoms. The lowest BCUT2D eigenvalue weighted by molar-refractivity contribution is -0.114. The summed E-state index contributed by atoms with van der Waals surface area (Å²) in [4.78, 5) is 28.5. The van der Waals surface area contributed by atoms with Gasteiger partial charge in [-0.2, -0.15) is 0 Å². The number of benzene rings is 1. The van der Waals surface area contributed by atoms with E-state index in [2.05, 4.69) is 10.2 Å². The summed E-state index contributed by atoms with van der Waals surface area (Å²) in [6.45, 7) is 6.66. The molecule has 1 unspecified atom stereocenters. The van der Waals surface area contributed by atoms with Crippen LogP contribution >= 0.6 is 0 Å². The molecule has 2 amide bonds. The Kier molecular flexibility index (Phi) is 6.04. The van der Waals surface area contributed by atoms with Crippen LogP contribution in [0.1, 0.15) is 36.5 Å². The molecule has 0 radical (unpaired) electrons. The highest BCUT2D eigenvalue weighted by Gasteiger charge is 2.26. The van der Waals surface area contributed by atoms with E-state index in [1.807, 2.05) is 4.90 Å². The monoisotopic (exact) mass is 345 g/mol. The Balaban J connectivity index is 1.66. The van der Waals surface area contributed by atoms with Crippen molar-refractivity contribution < 1.29 is 14.3 Å². The zero-order valence-corrected chi connectivity index (χ0v) is 14.9. The number of rotatable bonds is 4. The maximum Gasteiger partial charge on any atom is 0.254 e. The maximum absolute atomic E-state index is 12.9. The van der Waals surface area contributed by atoms with Crippen molar-refractivity contribution in [2.75, 3.05) is 44.6 Å². The highest BCUT2D eigenvalue weighted by molar-refractivity contribution is 5.96. The second-order valence-electron chi connectivity index (χ2n) is 6.87. The number of nitrogens with one attached hydrogen (secondary N) is 1. The summed E-state index contributed by atoms with van der Waals surface area (Å²) >= 11 is 0. The number of amides is 2. The van der Waals surface area contributed by atoms with Crippen LogP contribution in [0.3, 0.4) is 0 Å². The van der Waals surface area contributed by atoms with E-state index >= 15 is 0 Å². The van der Waals surface area contributed by atoms with Gasteiger partial charge in [-0.1, -0.05) is 6.07 Å². The number of hydrogen-bond donors (Lipinski definition) is 1. The highest BCUT2D eigenvalue weighted by atomic mass is 16.5. The molecule has 0 aliphatic carbocycles. The van der Waals surface area contributed by atoms with Crippen molar-refractivity contribution in [3.63, 3.8) is 0 Å². The average Bonchev–Trinajstić information content (AvgIpc) is 2.98. The molecule has 3 rings (SSSR count). The summed E-state index contributed by atoms with van der Waals surface area (Å²) in [5.41, 5.74) is 1.26. The summed E-state index contributed by atoms with van der Waals surface area (Å²) in [5.74, 6) is -0.137. The molecule has 1 aromatic rings. The fourth-order valence-electron chi connectivity index (χ4n) is 3.56. The van der Waals surface area contributed by atoms with Gasteiger partial charge in [0.2, 0.25) is 5.91 Å². The van der Waals surface area contributed by atoms with Gasteiger partial charge < -0.3 is 19.9 Å². The molecule has 2 heterocycles. The second-order valence-corrected chi connectivity index (χ2v) is 6.87. The minimum atomic E-state index is -0.140. The van der Waals surface area contributed by atoms with Gasteiger partial charge in [0.05, 0.1) is 6.10 Å². The first-order valence-electron chi connectivity index (χ1n) is 9.13. The summed E-state index contributed by atoms with van der Waals surface area (Å²) in [7, 11) is 0. The predicted molar refractivity (Wildman–Crippen MR) is 96.7 cm³/mol. The number of carbonyl (C=O) groups excluding carboxylic acids is 2. The summed E-state index contributed by atoms with van der Waals surface area (Å²) in [6, 6.07) is 7.13. The molecular formula is C19H27N3O3. The number of ether oxygens (including phenoxy) is 1. The van der Waals surface area contributed by atoms with Crippen molar-refractivity contribution in [3.05, 3.63) is 29.8 Å². The summed E-state index contributed by atoms with van der Waals surface area (Å²) in [5, 5.41) is 2.73. The number of carbonyl (C=O) groups is 2. The van der Waals surface area contributed by atoms with Gasteiger partial charge >= 0.3 is 0 Å². The molecule has 2 fully saturated rings. The van der Waals surface area contributed by atoms with E-state index in [4.69, 9.17) is 4.74 Å². The fraction of sp³-hybridized carbons (Fsp3) is 0.579. The third kappa shape index (κ3) is 5.03. The first kappa shape index (κ1) is 17.9. The molecule has 1 aromatic carbocycles. The van der Waals surface area contributed by atoms with Crippen LogP contribution in [-0.2, 0) is 9.53 Å². The normalized spacial score (nSPS) is 21.8. The van der Waals surface area contributed by atoms with Crippen molar-refractivity contribution >= 4 is 17.5 Å². The number of anilines is 1. The molecule has 0 aromatic heterocycles. The van der Waals surface area contributed by atoms with Gasteiger partial charge in [-0.3, -0.25) is 9.59 Å². The smallest absolute Gasteiger partial charge is 0.254 e. The number of likely N-dealkylation sites (tertiary alicyclic amines) is 1. The molecule has 25 heavy (non-hydrogen) atoms. The molecule has 0 saturated carbocycles. The van der Waals surface area contributed by atoms with E-state index in [9.17, 15) is 9.59 Å². The summed E-state index contributed by atoms with van der Waals surface area (Å²) < 4.78 is 5.96. The van der Waals surface area contributed by atoms with Crippen molar-refractivity contribution in [2.45, 2.75) is 32.3 Å². The largest absolute Gasteiger partial charge is 0.375 e. The van der Waals surface area contributed by atoms with Crippen LogP contribution in [0, 0.1) is 0 Å². The Labute approximate surface area is 149 Å². The van der Waals surface area contributed by atoms with E-state index in [0.29, 0.717) is 30.9 Å². The Morgan fingerprint density at radius 2 is 2.00 bits per heavy atom. The van der Waals surface area contributed by atoms with Crippen LogP contribution < -0.4 is 5.32 Å². The van der Waals surface area contributed by atoms with E-state index in [1.165, 1.54) is 19.8 Å². The molecule has 1 atom stereocenters. The highest BCUT2D eigenvalue weighted by Crippen LogP contribution is 2.17. The quantitative estimate of drug-likeness (QED) is 0.906. The lowest BCUT2D eigenvalue weighted by Crippen LogP contribution is -2.41. The van der Waals surface area contributed by atoms with E-state index in [1.54, 1.807) is 24.3 Å². The van der Waals surface area contributed by atoms with Crippen LogP contribution in [0.5, 0.6) is 0 Å². The fourth-order valence-corrected chi connectivity index (χ4v) is 3.56. The van der Waals surface area contributed by atoms with Gasteiger partial charge in [0.15, 0.2) is 0 Å². The zero-order chi connectivity index (χ0) is 17.6. The third-order valence-corrected chi connectivity index (χ3v) is 4.73. The topological polar surface area (TPSA) is 61.9 Å². The molecule has 1 N–H and O–H groups in total. The van der Waals surface area contributed by atoms with Crippen LogP contribution in [-0.4, -0.2) is 67.0 Å². The van der Waals surface area contributed by atoms with Crippen LogP contribution in [0.2, 0.25) is 0 Å². The van der Waals surface area contributed by atoms with Gasteiger partial charge in [0.1, 0.15) is 0 Å². The van der Waals surface area contributed by atoms with Crippen molar-refractivity contribution in [1.82, 2.24) is 9.80 Å². The van der Waals surface area contributed by atoms with Gasteiger partial charge in [-0.05, 0) is 50.6 Å². The van der Waals surface area contributed by atoms with Gasteiger partial charge in [-0.25, -0.2) is 0 Å². The SMILES string of the molecule is CC(=O)Nc1cccc(C(=O)N2CCCOC(CN3CCCC3)C2)c1. The first-order chi connectivity index (χ1) is 12.1. The second kappa shape index (κ2) is 8.45. The van der Waals surface area contributed by atoms with Crippen molar-refractivity contribution in [1.29, 1.82) is 0 Å². The predicted octanol–water partition coefficient (Wildman–Crippen LogP) is 1.97. The van der Waals surface area contributed by atoms with Gasteiger partial charge in [-0.15, -0.1) is 0 Å². The Bertz CT molecular complexity index is 614. The molecule has 136 valence electrons. The standard InChI is InChI=1S/C19H27N3O3/c1-15(23)20-17-7-4-6-16(12-17)19(24)22-10-5-11-25-18(14-22)13-21-8-2-3-9-21/h4,6-7,12,18H,2-3,5,8-11,13-14H2,1H3,(H,20,23). The van der Waals surface area contributed by atoms with Crippen LogP contribution in [0.4, 0.5) is 5.69 Å². The molecule has 6 heteroatoms. The molecule has 2 saturated heterocycles. The number of nitrogens with zero attached hydrogens (tertiary/aromatic N) is 2. The van der Waals surface area contributed by atoms with Crippen LogP contribution in [0.15, 0.2) is 24.3 Å². The number of hydrogen-bond acceptors (Lipinski definition) is 4. The third-order valence-electron chi connectivity index (χ3n) is 4.73. The molecule has 6 nitrogen and oxygen atoms in total. The van der Waals surface area contributed by atoms with Crippen LogP contribution in [0.25, 0.3) is 0 Å². The van der Waals surface area contributed by atoms with Crippen molar-refractivity contribution in [3.8, 4) is 0 Å². The van der Waals surface area contributed by atoms with E-state index < -0.39 is 0 Å². The van der Waals surface area contributed by atoms with Gasteiger partial charge in [0, 0.05) is 44.4 Å². The lowest BCUT2D eigenvalue weighted by atomic mass is 10.1. The Morgan fingerprint density at radius 1 is 1.20 bits per heavy atom. The summed E-state index contributed by atoms with van der Waals surface area (Å²) in [6.07, 6.45) is 3.44. The van der Waals surface area contributed by atoms with E-state index in [0.717, 1.165) is 26.1 Å². The molecular weight excluding hydrogens is 318 g/mol. The van der Waals surface area contributed by atoms with E-state index in [-0.39, 0.29) is 17.9 Å². The lowest BCUT2D eigenvalue weighted by Gasteiger charge is -2.27. The minimum absolute atomic E-state index is 0.00382. The maximum atomic E-state index is 12.9. The first-order valence-corrected chi connectivity index (χ1v) is 9.13. The molecule has 2 aliphatic heterocycles. The molecule has 0 spiro atoms.